The first-order valence-corrected chi connectivity index (χ1v) is 7.82. The summed E-state index contributed by atoms with van der Waals surface area (Å²) in [6.45, 7) is 1.40. The molecule has 0 saturated carbocycles. The number of non-ortho nitro benzene ring substituents is 1. The summed E-state index contributed by atoms with van der Waals surface area (Å²) >= 11 is 0. The summed E-state index contributed by atoms with van der Waals surface area (Å²) < 4.78 is 16.3. The quantitative estimate of drug-likeness (QED) is 0.350. The Labute approximate surface area is 148 Å². The highest BCUT2D eigenvalue weighted by molar-refractivity contribution is 6.00. The predicted molar refractivity (Wildman–Crippen MR) is 89.7 cm³/mol. The van der Waals surface area contributed by atoms with Gasteiger partial charge < -0.3 is 14.2 Å². The van der Waals surface area contributed by atoms with Crippen LogP contribution in [-0.2, 0) is 4.79 Å². The van der Waals surface area contributed by atoms with Crippen molar-refractivity contribution in [2.45, 2.75) is 19.4 Å². The van der Waals surface area contributed by atoms with Crippen LogP contribution >= 0.6 is 0 Å². The van der Waals surface area contributed by atoms with Gasteiger partial charge in [0, 0.05) is 19.1 Å². The van der Waals surface area contributed by atoms with Crippen LogP contribution in [0.2, 0.25) is 0 Å². The number of ether oxygens (including phenoxy) is 3. The number of hydrogen-bond donors (Lipinski definition) is 0. The molecular weight excluding hydrogens is 342 g/mol. The molecule has 1 unspecified atom stereocenters. The number of Topliss-reactive ketones (excluding diaryl/α,β-unsaturated/α-hetero) is 1. The summed E-state index contributed by atoms with van der Waals surface area (Å²) in [7, 11) is 0. The molecule has 1 aliphatic rings. The fourth-order valence-corrected chi connectivity index (χ4v) is 2.54. The molecule has 2 aromatic rings. The maximum Gasteiger partial charge on any atom is 0.308 e. The Morgan fingerprint density at radius 1 is 1.23 bits per heavy atom. The molecule has 0 saturated heterocycles. The highest BCUT2D eigenvalue weighted by atomic mass is 16.6. The number of nitrogens with zero attached hydrogens (tertiary/aromatic N) is 1. The van der Waals surface area contributed by atoms with E-state index in [2.05, 4.69) is 0 Å². The van der Waals surface area contributed by atoms with Crippen molar-refractivity contribution in [2.75, 3.05) is 6.61 Å². The standard InChI is InChI=1S/C18H15NO7/c1-11(20)25-14-6-7-18-16(8-14)17(21)9-15(26-18)10-24-13-4-2-12(3-5-13)19(22)23/h2-8,15H,9-10H2,1H3. The highest BCUT2D eigenvalue weighted by Gasteiger charge is 2.27. The van der Waals surface area contributed by atoms with Crippen LogP contribution in [0, 0.1) is 10.1 Å². The molecule has 134 valence electrons. The Kier molecular flexibility index (Phi) is 4.83. The zero-order valence-corrected chi connectivity index (χ0v) is 13.8. The van der Waals surface area contributed by atoms with Gasteiger partial charge in [-0.3, -0.25) is 19.7 Å². The smallest absolute Gasteiger partial charge is 0.308 e. The number of hydrogen-bond acceptors (Lipinski definition) is 7. The van der Waals surface area contributed by atoms with Crippen LogP contribution in [0.25, 0.3) is 0 Å². The Bertz CT molecular complexity index is 860. The molecule has 0 aliphatic carbocycles. The van der Waals surface area contributed by atoms with Gasteiger partial charge in [-0.2, -0.15) is 0 Å². The molecule has 2 aromatic carbocycles. The Hall–Kier alpha value is -3.42. The molecule has 1 aliphatic heterocycles. The summed E-state index contributed by atoms with van der Waals surface area (Å²) in [4.78, 5) is 33.5. The molecule has 0 radical (unpaired) electrons. The third-order valence-corrected chi connectivity index (χ3v) is 3.70. The fourth-order valence-electron chi connectivity index (χ4n) is 2.54. The molecule has 1 atom stereocenters. The zero-order valence-electron chi connectivity index (χ0n) is 13.8. The number of carbonyl (C=O) groups excluding carboxylic acids is 2. The number of rotatable bonds is 5. The second kappa shape index (κ2) is 7.22. The predicted octanol–water partition coefficient (Wildman–Crippen LogP) is 2.93. The van der Waals surface area contributed by atoms with Crippen LogP contribution in [0.1, 0.15) is 23.7 Å². The molecule has 0 N–H and O–H groups in total. The lowest BCUT2D eigenvalue weighted by molar-refractivity contribution is -0.384. The average Bonchev–Trinajstić information content (AvgIpc) is 2.60. The summed E-state index contributed by atoms with van der Waals surface area (Å²) in [6, 6.07) is 10.3. The van der Waals surface area contributed by atoms with Crippen molar-refractivity contribution in [1.29, 1.82) is 0 Å². The van der Waals surface area contributed by atoms with E-state index in [0.29, 0.717) is 17.1 Å². The molecule has 0 spiro atoms. The molecule has 1 heterocycles. The molecular formula is C18H15NO7. The molecule has 0 fully saturated rings. The topological polar surface area (TPSA) is 105 Å². The van der Waals surface area contributed by atoms with E-state index in [1.165, 1.54) is 37.3 Å². The minimum Gasteiger partial charge on any atom is -0.490 e. The van der Waals surface area contributed by atoms with Crippen LogP contribution in [0.4, 0.5) is 5.69 Å². The van der Waals surface area contributed by atoms with Gasteiger partial charge in [0.25, 0.3) is 5.69 Å². The van der Waals surface area contributed by atoms with Crippen LogP contribution in [0.3, 0.4) is 0 Å². The lowest BCUT2D eigenvalue weighted by Crippen LogP contribution is -2.32. The first-order chi connectivity index (χ1) is 12.4. The maximum absolute atomic E-state index is 12.3. The molecule has 8 heteroatoms. The van der Waals surface area contributed by atoms with Gasteiger partial charge in [0.1, 0.15) is 30.0 Å². The minimum atomic E-state index is -0.492. The van der Waals surface area contributed by atoms with E-state index in [-0.39, 0.29) is 30.2 Å². The van der Waals surface area contributed by atoms with Crippen molar-refractivity contribution >= 4 is 17.4 Å². The SMILES string of the molecule is CC(=O)Oc1ccc2c(c1)C(=O)CC(COc1ccc([N+](=O)[O-])cc1)O2. The number of carbonyl (C=O) groups is 2. The van der Waals surface area contributed by atoms with E-state index in [9.17, 15) is 19.7 Å². The first kappa shape index (κ1) is 17.4. The van der Waals surface area contributed by atoms with E-state index in [1.807, 2.05) is 0 Å². The van der Waals surface area contributed by atoms with Gasteiger partial charge in [0.05, 0.1) is 16.9 Å². The highest BCUT2D eigenvalue weighted by Crippen LogP contribution is 2.31. The van der Waals surface area contributed by atoms with Crippen LogP contribution in [-0.4, -0.2) is 29.4 Å². The maximum atomic E-state index is 12.3. The summed E-state index contributed by atoms with van der Waals surface area (Å²) in [6.07, 6.45) is -0.367. The molecule has 0 bridgehead atoms. The van der Waals surface area contributed by atoms with Gasteiger partial charge >= 0.3 is 5.97 Å². The van der Waals surface area contributed by atoms with Gasteiger partial charge in [0.2, 0.25) is 0 Å². The molecule has 8 nitrogen and oxygen atoms in total. The summed E-state index contributed by atoms with van der Waals surface area (Å²) in [5.41, 5.74) is 0.328. The minimum absolute atomic E-state index is 0.0287. The second-order valence-electron chi connectivity index (χ2n) is 5.68. The number of esters is 1. The summed E-state index contributed by atoms with van der Waals surface area (Å²) in [5, 5.41) is 10.6. The fraction of sp³-hybridized carbons (Fsp3) is 0.222. The van der Waals surface area contributed by atoms with Gasteiger partial charge in [-0.1, -0.05) is 0 Å². The number of nitro groups is 1. The third kappa shape index (κ3) is 3.97. The van der Waals surface area contributed by atoms with Crippen molar-refractivity contribution in [1.82, 2.24) is 0 Å². The molecule has 0 aromatic heterocycles. The monoisotopic (exact) mass is 357 g/mol. The van der Waals surface area contributed by atoms with E-state index in [1.54, 1.807) is 12.1 Å². The lowest BCUT2D eigenvalue weighted by Gasteiger charge is -2.25. The van der Waals surface area contributed by atoms with Gasteiger partial charge in [-0.25, -0.2) is 0 Å². The number of ketones is 1. The van der Waals surface area contributed by atoms with Gasteiger partial charge in [0.15, 0.2) is 5.78 Å². The van der Waals surface area contributed by atoms with E-state index in [4.69, 9.17) is 14.2 Å². The Balaban J connectivity index is 1.64. The van der Waals surface area contributed by atoms with E-state index >= 15 is 0 Å². The number of nitro benzene ring substituents is 1. The zero-order chi connectivity index (χ0) is 18.7. The van der Waals surface area contributed by atoms with Crippen LogP contribution < -0.4 is 14.2 Å². The number of fused-ring (bicyclic) bond motifs is 1. The van der Waals surface area contributed by atoms with Crippen molar-refractivity contribution in [3.63, 3.8) is 0 Å². The normalized spacial score (nSPS) is 15.6. The molecule has 0 amide bonds. The summed E-state index contributed by atoms with van der Waals surface area (Å²) in [5.74, 6) is 0.520. The van der Waals surface area contributed by atoms with Crippen molar-refractivity contribution < 1.29 is 28.7 Å². The Morgan fingerprint density at radius 2 is 1.92 bits per heavy atom. The molecule has 3 rings (SSSR count). The van der Waals surface area contributed by atoms with E-state index < -0.39 is 17.0 Å². The van der Waals surface area contributed by atoms with Gasteiger partial charge in [-0.15, -0.1) is 0 Å². The van der Waals surface area contributed by atoms with E-state index in [0.717, 1.165) is 0 Å². The van der Waals surface area contributed by atoms with Crippen molar-refractivity contribution in [2.24, 2.45) is 0 Å². The van der Waals surface area contributed by atoms with Crippen molar-refractivity contribution in [3.8, 4) is 17.2 Å². The molecule has 26 heavy (non-hydrogen) atoms. The third-order valence-electron chi connectivity index (χ3n) is 3.70. The lowest BCUT2D eigenvalue weighted by atomic mass is 10.0. The van der Waals surface area contributed by atoms with Crippen molar-refractivity contribution in [3.05, 3.63) is 58.1 Å². The first-order valence-electron chi connectivity index (χ1n) is 7.82. The average molecular weight is 357 g/mol. The van der Waals surface area contributed by atoms with Crippen LogP contribution in [0.15, 0.2) is 42.5 Å². The Morgan fingerprint density at radius 3 is 2.58 bits per heavy atom. The largest absolute Gasteiger partial charge is 0.490 e. The van der Waals surface area contributed by atoms with Crippen LogP contribution in [0.5, 0.6) is 17.2 Å². The number of benzene rings is 2. The van der Waals surface area contributed by atoms with Gasteiger partial charge in [-0.05, 0) is 30.3 Å². The second-order valence-corrected chi connectivity index (χ2v) is 5.68.